The first-order valence-electron chi connectivity index (χ1n) is 8.24. The van der Waals surface area contributed by atoms with Gasteiger partial charge in [0.05, 0.1) is 6.61 Å². The van der Waals surface area contributed by atoms with E-state index in [1.165, 1.54) is 7.11 Å². The van der Waals surface area contributed by atoms with E-state index in [0.29, 0.717) is 5.75 Å². The molecule has 0 amide bonds. The molecule has 1 aliphatic rings. The Morgan fingerprint density at radius 1 is 1.20 bits per heavy atom. The second-order valence-corrected chi connectivity index (χ2v) is 5.89. The average Bonchev–Trinajstić information content (AvgIpc) is 2.64. The molecule has 2 aromatic carbocycles. The van der Waals surface area contributed by atoms with Crippen molar-refractivity contribution < 1.29 is 23.7 Å². The van der Waals surface area contributed by atoms with Gasteiger partial charge in [-0.1, -0.05) is 42.5 Å². The maximum Gasteiger partial charge on any atom is 0.204 e. The Hall–Kier alpha value is -2.21. The number of benzene rings is 2. The molecule has 4 atom stereocenters. The van der Waals surface area contributed by atoms with Gasteiger partial charge in [0.25, 0.3) is 0 Å². The third-order valence-electron chi connectivity index (χ3n) is 4.23. The predicted octanol–water partition coefficient (Wildman–Crippen LogP) is 3.12. The number of methoxy groups -OCH3 is 1. The fraction of sp³-hybridized carbons (Fsp3) is 0.350. The van der Waals surface area contributed by atoms with Gasteiger partial charge in [0, 0.05) is 12.5 Å². The summed E-state index contributed by atoms with van der Waals surface area (Å²) in [6, 6.07) is 13.6. The lowest BCUT2D eigenvalue weighted by Crippen LogP contribution is -2.58. The number of ketones is 1. The molecule has 1 heterocycles. The third-order valence-corrected chi connectivity index (χ3v) is 4.23. The lowest BCUT2D eigenvalue weighted by atomic mass is 10.0. The summed E-state index contributed by atoms with van der Waals surface area (Å²) in [7, 11) is 1.52. The third kappa shape index (κ3) is 3.58. The first kappa shape index (κ1) is 17.6. The Bertz CT molecular complexity index is 751. The summed E-state index contributed by atoms with van der Waals surface area (Å²) in [6.07, 6.45) is -1.20. The van der Waals surface area contributed by atoms with Crippen molar-refractivity contribution in [2.24, 2.45) is 0 Å². The van der Waals surface area contributed by atoms with Crippen LogP contribution in [0.2, 0.25) is 0 Å². The van der Waals surface area contributed by atoms with E-state index in [1.54, 1.807) is 13.0 Å². The molecule has 1 saturated heterocycles. The number of carbonyl (C=O) groups excluding carboxylic acids is 1. The summed E-state index contributed by atoms with van der Waals surface area (Å²) in [5.74, 6) is 0.461. The van der Waals surface area contributed by atoms with Gasteiger partial charge in [-0.15, -0.1) is 6.58 Å². The normalized spacial score (nSPS) is 26.6. The molecular formula is C20H22O5. The maximum absolute atomic E-state index is 12.7. The van der Waals surface area contributed by atoms with Crippen LogP contribution in [0.15, 0.2) is 55.1 Å². The largest absolute Gasteiger partial charge is 0.479 e. The monoisotopic (exact) mass is 342 g/mol. The summed E-state index contributed by atoms with van der Waals surface area (Å²) >= 11 is 0. The molecule has 0 unspecified atom stereocenters. The minimum absolute atomic E-state index is 0.171. The Balaban J connectivity index is 1.95. The van der Waals surface area contributed by atoms with E-state index in [9.17, 15) is 4.79 Å². The van der Waals surface area contributed by atoms with Crippen molar-refractivity contribution >= 4 is 16.6 Å². The highest BCUT2D eigenvalue weighted by Crippen LogP contribution is 2.30. The molecule has 0 N–H and O–H groups in total. The molecule has 0 radical (unpaired) electrons. The van der Waals surface area contributed by atoms with Crippen molar-refractivity contribution in [1.29, 1.82) is 0 Å². The fourth-order valence-corrected chi connectivity index (χ4v) is 2.98. The lowest BCUT2D eigenvalue weighted by Gasteiger charge is -2.38. The van der Waals surface area contributed by atoms with Crippen LogP contribution in [-0.4, -0.2) is 44.1 Å². The summed E-state index contributed by atoms with van der Waals surface area (Å²) in [5, 5.41) is 1.98. The first-order chi connectivity index (χ1) is 12.2. The van der Waals surface area contributed by atoms with E-state index >= 15 is 0 Å². The topological polar surface area (TPSA) is 54.0 Å². The van der Waals surface area contributed by atoms with Gasteiger partial charge in [-0.25, -0.2) is 0 Å². The average molecular weight is 342 g/mol. The Morgan fingerprint density at radius 3 is 2.72 bits per heavy atom. The molecule has 1 aliphatic heterocycles. The molecule has 5 nitrogen and oxygen atoms in total. The molecule has 0 saturated carbocycles. The lowest BCUT2D eigenvalue weighted by molar-refractivity contribution is -0.248. The minimum Gasteiger partial charge on any atom is -0.479 e. The van der Waals surface area contributed by atoms with Gasteiger partial charge < -0.3 is 18.9 Å². The van der Waals surface area contributed by atoms with Crippen LogP contribution >= 0.6 is 0 Å². The quantitative estimate of drug-likeness (QED) is 0.755. The van der Waals surface area contributed by atoms with Crippen molar-refractivity contribution in [3.63, 3.8) is 0 Å². The van der Waals surface area contributed by atoms with Crippen molar-refractivity contribution in [1.82, 2.24) is 0 Å². The van der Waals surface area contributed by atoms with Gasteiger partial charge >= 0.3 is 0 Å². The van der Waals surface area contributed by atoms with E-state index in [4.69, 9.17) is 18.9 Å². The standard InChI is InChI=1S/C20H22O5/c1-4-12-23-19-18(17(21)13(2)24-20(19)22-3)25-16-11-7-9-14-8-5-6-10-15(14)16/h4-11,13,18-20H,1,12H2,2-3H3/t13-,18+,19-,20+/m1/s1. The zero-order valence-electron chi connectivity index (χ0n) is 14.4. The molecule has 5 heteroatoms. The fourth-order valence-electron chi connectivity index (χ4n) is 2.98. The van der Waals surface area contributed by atoms with Gasteiger partial charge in [0.15, 0.2) is 18.5 Å². The Labute approximate surface area is 147 Å². The highest BCUT2D eigenvalue weighted by Gasteiger charge is 2.46. The van der Waals surface area contributed by atoms with Crippen LogP contribution in [0, 0.1) is 0 Å². The summed E-state index contributed by atoms with van der Waals surface area (Å²) in [6.45, 7) is 5.61. The van der Waals surface area contributed by atoms with E-state index in [-0.39, 0.29) is 12.4 Å². The highest BCUT2D eigenvalue weighted by molar-refractivity contribution is 5.91. The molecule has 25 heavy (non-hydrogen) atoms. The molecule has 0 aromatic heterocycles. The van der Waals surface area contributed by atoms with Crippen molar-refractivity contribution in [2.45, 2.75) is 31.5 Å². The predicted molar refractivity (Wildman–Crippen MR) is 94.7 cm³/mol. The highest BCUT2D eigenvalue weighted by atomic mass is 16.7. The summed E-state index contributed by atoms with van der Waals surface area (Å²) in [4.78, 5) is 12.7. The summed E-state index contributed by atoms with van der Waals surface area (Å²) in [5.41, 5.74) is 0. The smallest absolute Gasteiger partial charge is 0.204 e. The number of ether oxygens (including phenoxy) is 4. The number of Topliss-reactive ketones (excluding diaryl/α,β-unsaturated/α-hetero) is 1. The summed E-state index contributed by atoms with van der Waals surface area (Å²) < 4.78 is 22.8. The van der Waals surface area contributed by atoms with Crippen molar-refractivity contribution in [2.75, 3.05) is 13.7 Å². The van der Waals surface area contributed by atoms with Gasteiger partial charge in [0.1, 0.15) is 11.9 Å². The molecule has 1 fully saturated rings. The van der Waals surface area contributed by atoms with Crippen molar-refractivity contribution in [3.8, 4) is 5.75 Å². The number of carbonyl (C=O) groups is 1. The number of hydrogen-bond acceptors (Lipinski definition) is 5. The van der Waals surface area contributed by atoms with Gasteiger partial charge in [0.2, 0.25) is 5.78 Å². The molecule has 0 aliphatic carbocycles. The van der Waals surface area contributed by atoms with Crippen molar-refractivity contribution in [3.05, 3.63) is 55.1 Å². The molecule has 2 aromatic rings. The number of hydrogen-bond donors (Lipinski definition) is 0. The number of fused-ring (bicyclic) bond motifs is 1. The van der Waals surface area contributed by atoms with Crippen LogP contribution < -0.4 is 4.74 Å². The Morgan fingerprint density at radius 2 is 1.96 bits per heavy atom. The Kier molecular flexibility index (Phi) is 5.48. The molecule has 3 rings (SSSR count). The van der Waals surface area contributed by atoms with Crippen LogP contribution in [-0.2, 0) is 19.0 Å². The van der Waals surface area contributed by atoms with Crippen LogP contribution in [0.1, 0.15) is 6.92 Å². The minimum atomic E-state index is -0.820. The SMILES string of the molecule is C=CCO[C@H]1[C@@H](OC)O[C@H](C)C(=O)[C@@H]1Oc1cccc2ccccc12. The van der Waals surface area contributed by atoms with Crippen LogP contribution in [0.5, 0.6) is 5.75 Å². The van der Waals surface area contributed by atoms with Crippen LogP contribution in [0.3, 0.4) is 0 Å². The molecule has 0 spiro atoms. The number of rotatable bonds is 6. The van der Waals surface area contributed by atoms with Gasteiger partial charge in [-0.3, -0.25) is 4.79 Å². The second-order valence-electron chi connectivity index (χ2n) is 5.89. The maximum atomic E-state index is 12.7. The van der Waals surface area contributed by atoms with E-state index < -0.39 is 24.6 Å². The van der Waals surface area contributed by atoms with Crippen LogP contribution in [0.4, 0.5) is 0 Å². The zero-order chi connectivity index (χ0) is 17.8. The van der Waals surface area contributed by atoms with E-state index in [1.807, 2.05) is 42.5 Å². The van der Waals surface area contributed by atoms with Gasteiger partial charge in [-0.2, -0.15) is 0 Å². The molecule has 0 bridgehead atoms. The second kappa shape index (κ2) is 7.78. The van der Waals surface area contributed by atoms with Gasteiger partial charge in [-0.05, 0) is 18.4 Å². The van der Waals surface area contributed by atoms with E-state index in [2.05, 4.69) is 6.58 Å². The molecule has 132 valence electrons. The van der Waals surface area contributed by atoms with Crippen LogP contribution in [0.25, 0.3) is 10.8 Å². The zero-order valence-corrected chi connectivity index (χ0v) is 14.4. The molecular weight excluding hydrogens is 320 g/mol. The van der Waals surface area contributed by atoms with E-state index in [0.717, 1.165) is 10.8 Å². The first-order valence-corrected chi connectivity index (χ1v) is 8.24.